The molecule has 0 atom stereocenters. The topological polar surface area (TPSA) is 121 Å². The molecule has 0 unspecified atom stereocenters. The summed E-state index contributed by atoms with van der Waals surface area (Å²) in [6, 6.07) is 8.86. The maximum absolute atomic E-state index is 13.0. The maximum atomic E-state index is 13.0. The van der Waals surface area contributed by atoms with E-state index in [1.807, 2.05) is 0 Å². The molecule has 0 spiro atoms. The lowest BCUT2D eigenvalue weighted by molar-refractivity contribution is 0.0600. The summed E-state index contributed by atoms with van der Waals surface area (Å²) >= 11 is 5.97. The highest BCUT2D eigenvalue weighted by molar-refractivity contribution is 7.89. The number of carbonyl (C=O) groups excluding carboxylic acids is 1. The number of ether oxygens (including phenoxy) is 3. The van der Waals surface area contributed by atoms with Gasteiger partial charge < -0.3 is 18.7 Å². The number of esters is 1. The van der Waals surface area contributed by atoms with Crippen molar-refractivity contribution in [3.63, 3.8) is 0 Å². The third kappa shape index (κ3) is 4.69. The second-order valence-electron chi connectivity index (χ2n) is 6.48. The van der Waals surface area contributed by atoms with E-state index in [-0.39, 0.29) is 33.7 Å². The summed E-state index contributed by atoms with van der Waals surface area (Å²) in [7, 11) is 1.57. The molecular formula is C20H20ClN3O7S. The van der Waals surface area contributed by atoms with Crippen LogP contribution in [0.15, 0.2) is 45.8 Å². The van der Waals surface area contributed by atoms with Crippen LogP contribution in [0.4, 0.5) is 0 Å². The number of halogens is 1. The number of sulfonamides is 1. The van der Waals surface area contributed by atoms with Gasteiger partial charge in [0.25, 0.3) is 0 Å². The second kappa shape index (κ2) is 9.55. The Morgan fingerprint density at radius 2 is 1.81 bits per heavy atom. The van der Waals surface area contributed by atoms with Crippen molar-refractivity contribution in [1.29, 1.82) is 0 Å². The van der Waals surface area contributed by atoms with Crippen molar-refractivity contribution in [1.82, 2.24) is 14.4 Å². The van der Waals surface area contributed by atoms with Gasteiger partial charge in [0.2, 0.25) is 21.7 Å². The van der Waals surface area contributed by atoms with E-state index in [1.54, 1.807) is 18.2 Å². The molecule has 0 aliphatic rings. The smallest absolute Gasteiger partial charge is 0.339 e. The van der Waals surface area contributed by atoms with Crippen LogP contribution in [0, 0.1) is 0 Å². The van der Waals surface area contributed by atoms with Gasteiger partial charge in [0.05, 0.1) is 43.4 Å². The van der Waals surface area contributed by atoms with Gasteiger partial charge in [0.1, 0.15) is 0 Å². The van der Waals surface area contributed by atoms with Crippen LogP contribution in [-0.2, 0) is 21.3 Å². The van der Waals surface area contributed by atoms with Gasteiger partial charge >= 0.3 is 5.97 Å². The van der Waals surface area contributed by atoms with E-state index in [4.69, 9.17) is 25.6 Å². The Morgan fingerprint density at radius 3 is 2.47 bits per heavy atom. The van der Waals surface area contributed by atoms with Crippen LogP contribution in [-0.4, -0.2) is 57.2 Å². The molecule has 32 heavy (non-hydrogen) atoms. The lowest BCUT2D eigenvalue weighted by Crippen LogP contribution is -2.27. The number of benzene rings is 2. The zero-order chi connectivity index (χ0) is 23.5. The molecule has 0 aliphatic heterocycles. The first-order chi connectivity index (χ1) is 15.2. The molecule has 0 saturated heterocycles. The monoisotopic (exact) mass is 481 g/mol. The predicted molar refractivity (Wildman–Crippen MR) is 114 cm³/mol. The van der Waals surface area contributed by atoms with Crippen LogP contribution < -0.4 is 9.47 Å². The number of hydrogen-bond donors (Lipinski definition) is 0. The summed E-state index contributed by atoms with van der Waals surface area (Å²) < 4.78 is 47.2. The molecule has 0 amide bonds. The predicted octanol–water partition coefficient (Wildman–Crippen LogP) is 3.01. The number of nitrogens with zero attached hydrogens (tertiary/aromatic N) is 3. The lowest BCUT2D eigenvalue weighted by atomic mass is 10.2. The molecule has 0 N–H and O–H groups in total. The van der Waals surface area contributed by atoms with Gasteiger partial charge in [-0.2, -0.15) is 9.29 Å². The van der Waals surface area contributed by atoms with Crippen LogP contribution in [0.25, 0.3) is 11.4 Å². The van der Waals surface area contributed by atoms with Gasteiger partial charge in [0, 0.05) is 12.6 Å². The van der Waals surface area contributed by atoms with Crippen molar-refractivity contribution in [2.75, 3.05) is 28.4 Å². The van der Waals surface area contributed by atoms with E-state index < -0.39 is 16.0 Å². The summed E-state index contributed by atoms with van der Waals surface area (Å²) in [5.74, 6) is 0.612. The molecule has 0 aliphatic carbocycles. The Bertz CT molecular complexity index is 1240. The molecule has 10 nitrogen and oxygen atoms in total. The normalized spacial score (nSPS) is 11.4. The molecule has 3 aromatic rings. The molecular weight excluding hydrogens is 462 g/mol. The number of hydrogen-bond acceptors (Lipinski definition) is 9. The number of aromatic nitrogens is 2. The number of carbonyl (C=O) groups is 1. The van der Waals surface area contributed by atoms with Gasteiger partial charge in [-0.1, -0.05) is 16.8 Å². The third-order valence-corrected chi connectivity index (χ3v) is 6.65. The summed E-state index contributed by atoms with van der Waals surface area (Å²) in [5.41, 5.74) is 0.542. The minimum Gasteiger partial charge on any atom is -0.493 e. The van der Waals surface area contributed by atoms with Crippen LogP contribution in [0.2, 0.25) is 5.02 Å². The highest BCUT2D eigenvalue weighted by Gasteiger charge is 2.25. The van der Waals surface area contributed by atoms with E-state index in [2.05, 4.69) is 14.9 Å². The van der Waals surface area contributed by atoms with E-state index in [1.165, 1.54) is 40.5 Å². The van der Waals surface area contributed by atoms with Crippen LogP contribution >= 0.6 is 11.6 Å². The molecule has 1 aromatic heterocycles. The SMILES string of the molecule is COC(=O)c1cc(S(=O)(=O)N(C)Cc2nc(-c3ccc(OC)c(OC)c3)no2)ccc1Cl. The Hall–Kier alpha value is -3.15. The van der Waals surface area contributed by atoms with Crippen molar-refractivity contribution >= 4 is 27.6 Å². The van der Waals surface area contributed by atoms with Gasteiger partial charge in [-0.3, -0.25) is 0 Å². The Labute approximate surface area is 189 Å². The molecule has 1 heterocycles. The van der Waals surface area contributed by atoms with E-state index in [0.717, 1.165) is 10.4 Å². The van der Waals surface area contributed by atoms with E-state index >= 15 is 0 Å². The zero-order valence-electron chi connectivity index (χ0n) is 17.7. The average molecular weight is 482 g/mol. The summed E-state index contributed by atoms with van der Waals surface area (Å²) in [6.07, 6.45) is 0. The van der Waals surface area contributed by atoms with Gasteiger partial charge in [-0.05, 0) is 36.4 Å². The van der Waals surface area contributed by atoms with Crippen molar-refractivity contribution < 1.29 is 31.9 Å². The summed E-state index contributed by atoms with van der Waals surface area (Å²) in [6.45, 7) is -0.196. The first-order valence-corrected chi connectivity index (χ1v) is 10.9. The molecule has 3 rings (SSSR count). The molecule has 2 aromatic carbocycles. The highest BCUT2D eigenvalue weighted by Crippen LogP contribution is 2.31. The number of rotatable bonds is 8. The molecule has 0 saturated carbocycles. The maximum Gasteiger partial charge on any atom is 0.339 e. The first-order valence-electron chi connectivity index (χ1n) is 9.10. The molecule has 0 fully saturated rings. The zero-order valence-corrected chi connectivity index (χ0v) is 19.2. The van der Waals surface area contributed by atoms with E-state index in [0.29, 0.717) is 17.1 Å². The summed E-state index contributed by atoms with van der Waals surface area (Å²) in [4.78, 5) is 16.0. The minimum absolute atomic E-state index is 0.0582. The van der Waals surface area contributed by atoms with Crippen LogP contribution in [0.3, 0.4) is 0 Å². The van der Waals surface area contributed by atoms with E-state index in [9.17, 15) is 13.2 Å². The highest BCUT2D eigenvalue weighted by atomic mass is 35.5. The average Bonchev–Trinajstić information content (AvgIpc) is 3.26. The van der Waals surface area contributed by atoms with Crippen molar-refractivity contribution in [2.45, 2.75) is 11.4 Å². The lowest BCUT2D eigenvalue weighted by Gasteiger charge is -2.16. The van der Waals surface area contributed by atoms with Crippen molar-refractivity contribution in [2.24, 2.45) is 0 Å². The fourth-order valence-electron chi connectivity index (χ4n) is 2.80. The van der Waals surface area contributed by atoms with Gasteiger partial charge in [-0.25, -0.2) is 13.2 Å². The van der Waals surface area contributed by atoms with Gasteiger partial charge in [0.15, 0.2) is 11.5 Å². The second-order valence-corrected chi connectivity index (χ2v) is 8.93. The fourth-order valence-corrected chi connectivity index (χ4v) is 4.14. The van der Waals surface area contributed by atoms with Gasteiger partial charge in [-0.15, -0.1) is 0 Å². The van der Waals surface area contributed by atoms with Crippen LogP contribution in [0.1, 0.15) is 16.2 Å². The fraction of sp³-hybridized carbons (Fsp3) is 0.250. The summed E-state index contributed by atoms with van der Waals surface area (Å²) in [5, 5.41) is 3.98. The largest absolute Gasteiger partial charge is 0.493 e. The Kier molecular flexibility index (Phi) is 7.02. The quantitative estimate of drug-likeness (QED) is 0.447. The molecule has 12 heteroatoms. The standard InChI is InChI=1S/C20H20ClN3O7S/c1-24(32(26,27)13-6-7-15(21)14(10-13)20(25)30-4)11-18-22-19(23-31-18)12-5-8-16(28-2)17(9-12)29-3/h5-10H,11H2,1-4H3. The first kappa shape index (κ1) is 23.5. The number of methoxy groups -OCH3 is 3. The molecule has 0 radical (unpaired) electrons. The molecule has 0 bridgehead atoms. The van der Waals surface area contributed by atoms with Crippen molar-refractivity contribution in [3.05, 3.63) is 52.9 Å². The Morgan fingerprint density at radius 1 is 1.09 bits per heavy atom. The van der Waals surface area contributed by atoms with Crippen molar-refractivity contribution in [3.8, 4) is 22.9 Å². The molecule has 170 valence electrons. The Balaban J connectivity index is 1.83. The minimum atomic E-state index is -3.99. The van der Waals surface area contributed by atoms with Crippen LogP contribution in [0.5, 0.6) is 11.5 Å². The third-order valence-electron chi connectivity index (χ3n) is 4.52.